The number of carbonyl (C=O) groups excluding carboxylic acids is 6. The molecule has 27 heteroatoms. The summed E-state index contributed by atoms with van der Waals surface area (Å²) in [6.45, 7) is 22.9. The van der Waals surface area contributed by atoms with E-state index >= 15 is 0 Å². The molecule has 0 spiro atoms. The molecule has 4 aromatic heterocycles. The third-order valence-electron chi connectivity index (χ3n) is 18.2. The lowest BCUT2D eigenvalue weighted by Crippen LogP contribution is -2.35. The van der Waals surface area contributed by atoms with Gasteiger partial charge in [-0.1, -0.05) is 151 Å². The molecule has 21 nitrogen and oxygen atoms in total. The molecule has 116 heavy (non-hydrogen) atoms. The van der Waals surface area contributed by atoms with Gasteiger partial charge < -0.3 is 39.5 Å². The number of nitrogen functional groups attached to an aromatic ring is 1. The topological polar surface area (TPSA) is 281 Å². The molecule has 4 heterocycles. The second kappa shape index (κ2) is 42.2. The maximum Gasteiger partial charge on any atom is 0.265 e. The van der Waals surface area contributed by atoms with Crippen molar-refractivity contribution in [1.29, 1.82) is 5.26 Å². The number of fused-ring (bicyclic) bond motifs is 1. The average molecular weight is 1690 g/mol. The molecule has 4 aliphatic carbocycles. The molecular formula is C89H98Cl3N9O12S3. The molecule has 9 aromatic rings. The summed E-state index contributed by atoms with van der Waals surface area (Å²) in [5.41, 5.74) is 13.6. The molecule has 2 fully saturated rings. The van der Waals surface area contributed by atoms with Gasteiger partial charge in [0.1, 0.15) is 44.9 Å². The molecular weight excluding hydrogens is 1590 g/mol. The first kappa shape index (κ1) is 93.1. The summed E-state index contributed by atoms with van der Waals surface area (Å²) >= 11 is 21.9. The summed E-state index contributed by atoms with van der Waals surface area (Å²) in [6.07, 6.45) is 6.91. The minimum absolute atomic E-state index is 0.0278. The molecule has 13 rings (SSSR count). The van der Waals surface area contributed by atoms with Crippen molar-refractivity contribution in [1.82, 2.24) is 29.3 Å². The van der Waals surface area contributed by atoms with Gasteiger partial charge in [-0.2, -0.15) is 5.26 Å². The molecule has 0 radical (unpaired) electrons. The highest BCUT2D eigenvalue weighted by Crippen LogP contribution is 2.41. The second-order valence-corrected chi connectivity index (χ2v) is 35.3. The highest BCUT2D eigenvalue weighted by Gasteiger charge is 2.38. The second-order valence-electron chi connectivity index (χ2n) is 31.3. The van der Waals surface area contributed by atoms with Gasteiger partial charge in [-0.15, -0.1) is 34.0 Å². The van der Waals surface area contributed by atoms with Crippen molar-refractivity contribution in [3.8, 4) is 67.6 Å². The van der Waals surface area contributed by atoms with Crippen molar-refractivity contribution in [3.05, 3.63) is 231 Å². The van der Waals surface area contributed by atoms with Crippen LogP contribution in [-0.2, 0) is 46.4 Å². The fourth-order valence-corrected chi connectivity index (χ4v) is 15.7. The van der Waals surface area contributed by atoms with Crippen LogP contribution in [-0.4, -0.2) is 132 Å². The highest BCUT2D eigenvalue weighted by molar-refractivity contribution is 7.13. The van der Waals surface area contributed by atoms with E-state index in [2.05, 4.69) is 34.7 Å². The number of methoxy groups -OCH3 is 4. The summed E-state index contributed by atoms with van der Waals surface area (Å²) in [5.74, 6) is 1.36. The minimum atomic E-state index is -0.270. The number of ether oxygens (including phenoxy) is 4. The lowest BCUT2D eigenvalue weighted by molar-refractivity contribution is -0.179. The van der Waals surface area contributed by atoms with Crippen LogP contribution in [0.15, 0.2) is 178 Å². The number of carbonyl (C=O) groups is 6. The van der Waals surface area contributed by atoms with Gasteiger partial charge >= 0.3 is 0 Å². The minimum Gasteiger partial charge on any atom is -0.512 e. The van der Waals surface area contributed by atoms with Crippen molar-refractivity contribution in [3.63, 3.8) is 0 Å². The number of para-hydroxylation sites is 4. The Kier molecular flexibility index (Phi) is 33.8. The Morgan fingerprint density at radius 1 is 0.595 bits per heavy atom. The number of aliphatic hydroxyl groups excluding tert-OH is 1. The summed E-state index contributed by atoms with van der Waals surface area (Å²) in [4.78, 5) is 105. The largest absolute Gasteiger partial charge is 0.512 e. The number of ketones is 6. The van der Waals surface area contributed by atoms with Crippen LogP contribution < -0.4 is 20.8 Å². The van der Waals surface area contributed by atoms with E-state index in [0.717, 1.165) is 49.6 Å². The van der Waals surface area contributed by atoms with E-state index in [-0.39, 0.29) is 91.7 Å². The molecule has 0 atom stereocenters. The molecule has 0 aliphatic heterocycles. The third kappa shape index (κ3) is 27.0. The van der Waals surface area contributed by atoms with E-state index in [9.17, 15) is 43.9 Å². The normalized spacial score (nSPS) is 15.6. The van der Waals surface area contributed by atoms with Crippen LogP contribution in [0.1, 0.15) is 133 Å². The Morgan fingerprint density at radius 2 is 1.05 bits per heavy atom. The fourth-order valence-electron chi connectivity index (χ4n) is 12.9. The third-order valence-corrected chi connectivity index (χ3v) is 21.5. The number of nitrogens with two attached hydrogens (primary N) is 1. The van der Waals surface area contributed by atoms with Gasteiger partial charge in [0.05, 0.1) is 71.4 Å². The molecule has 3 N–H and O–H groups in total. The maximum absolute atomic E-state index is 14.0. The van der Waals surface area contributed by atoms with Gasteiger partial charge in [-0.25, -0.2) is 21.5 Å². The van der Waals surface area contributed by atoms with E-state index in [1.54, 1.807) is 68.4 Å². The number of Topliss-reactive ketones (excluding diaryl/α,β-unsaturated/α-hetero) is 6. The quantitative estimate of drug-likeness (QED) is 0.0195. The van der Waals surface area contributed by atoms with E-state index < -0.39 is 0 Å². The number of rotatable bonds is 14. The van der Waals surface area contributed by atoms with Crippen LogP contribution in [0.3, 0.4) is 0 Å². The number of aliphatic hydroxyl groups is 1. The molecule has 0 saturated heterocycles. The number of nitrogens with zero attached hydrogens (tertiary/aromatic N) is 8. The van der Waals surface area contributed by atoms with Crippen LogP contribution in [0.25, 0.3) is 60.4 Å². The number of anilines is 1. The monoisotopic (exact) mass is 1690 g/mol. The maximum atomic E-state index is 14.0. The predicted octanol–water partition coefficient (Wildman–Crippen LogP) is 20.0. The number of pyridine rings is 1. The van der Waals surface area contributed by atoms with Gasteiger partial charge in [0.2, 0.25) is 6.41 Å². The molecule has 0 bridgehead atoms. The van der Waals surface area contributed by atoms with E-state index in [1.165, 1.54) is 40.1 Å². The Hall–Kier alpha value is -10.1. The highest BCUT2D eigenvalue weighted by atomic mass is 35.5. The van der Waals surface area contributed by atoms with E-state index in [4.69, 9.17) is 71.0 Å². The first-order valence-corrected chi connectivity index (χ1v) is 40.6. The number of allylic oxidation sites excluding steroid dienone is 5. The zero-order valence-electron chi connectivity index (χ0n) is 68.1. The van der Waals surface area contributed by atoms with Crippen molar-refractivity contribution in [2.24, 2.45) is 21.7 Å². The molecule has 0 unspecified atom stereocenters. The Bertz CT molecular complexity index is 5190. The Labute approximate surface area is 705 Å². The number of aromatic nitrogens is 4. The molecule has 2 saturated carbocycles. The van der Waals surface area contributed by atoms with Crippen molar-refractivity contribution in [2.75, 3.05) is 62.4 Å². The van der Waals surface area contributed by atoms with Crippen molar-refractivity contribution < 1.29 is 52.8 Å². The summed E-state index contributed by atoms with van der Waals surface area (Å²) in [6, 6.07) is 40.8. The van der Waals surface area contributed by atoms with Crippen LogP contribution >= 0.6 is 68.8 Å². The molecule has 4 aliphatic rings. The standard InChI is InChI=1S/C27H23ClN2O3S.C20H17ClN2O2S.C11H7ClN2S.C11H17NO2.C8H12O2.C7H9NO.C5H13NO2/c1-27(2)13-22-18(23(31)14-27)12-19(26(32)30(22)21-6-4-5-7-24(21)33-3)25-29-20(15-34-25)16-8-10-17(28)11-9-16;1-20(2)8-17(24)15(18(25)9-20)7-13(10-22)19-23-16(11-26-19)12-3-5-14(21)6-4-12;1-13-6-11-14-10(7-15-11)8-2-4-9(12)5-3-8;1-11(2)5-9(13)8(7-12(3)4)10(14)6-11;1-8(2)4-6(9)3-7(10)5-8;1-9-7-5-3-2-4-6(7)8;1-6(2)5(7-3)8-4/h4-12,15H,13-14H2,1-3H3;3-7,11,24H,8-9H2,1-2H3;2-5,7H,6H2;7H,5-6H2,1-4H3;3-5H2,1-2H3;2-5H,8H2,1H3;5H,1-4H3/b;13-7+;;;;;. The van der Waals surface area contributed by atoms with E-state index in [1.807, 2.05) is 194 Å². The van der Waals surface area contributed by atoms with Crippen LogP contribution in [0, 0.1) is 39.6 Å². The molecule has 0 amide bonds. The summed E-state index contributed by atoms with van der Waals surface area (Å²) < 4.78 is 21.9. The van der Waals surface area contributed by atoms with Crippen LogP contribution in [0.5, 0.6) is 11.5 Å². The van der Waals surface area contributed by atoms with Crippen molar-refractivity contribution >= 4 is 115 Å². The van der Waals surface area contributed by atoms with Gasteiger partial charge in [-0.3, -0.25) is 43.0 Å². The number of hydrogen-bond donors (Lipinski definition) is 2. The Balaban J connectivity index is 0.000000200. The number of nitriles is 1. The smallest absolute Gasteiger partial charge is 0.265 e. The number of hydrogen-bond acceptors (Lipinski definition) is 22. The average Bonchev–Trinajstić information content (AvgIpc) is 1.09. The van der Waals surface area contributed by atoms with Crippen LogP contribution in [0.2, 0.25) is 15.1 Å². The first-order valence-electron chi connectivity index (χ1n) is 36.8. The lowest BCUT2D eigenvalue weighted by atomic mass is 9.74. The Morgan fingerprint density at radius 3 is 1.52 bits per heavy atom. The number of thiazole rings is 3. The zero-order chi connectivity index (χ0) is 85.6. The molecule has 610 valence electrons. The summed E-state index contributed by atoms with van der Waals surface area (Å²) in [5, 5.41) is 29.4. The predicted molar refractivity (Wildman–Crippen MR) is 465 cm³/mol. The van der Waals surface area contributed by atoms with Gasteiger partial charge in [0.15, 0.2) is 28.1 Å². The van der Waals surface area contributed by atoms with E-state index in [0.29, 0.717) is 117 Å². The van der Waals surface area contributed by atoms with Crippen molar-refractivity contribution in [2.45, 2.75) is 126 Å². The molecule has 5 aromatic carbocycles. The van der Waals surface area contributed by atoms with Gasteiger partial charge in [-0.05, 0) is 115 Å². The SMILES string of the molecule is CC1(C)CC(=O)C(/C=C(\C#N)c2nc(-c3ccc(Cl)cc3)cs2)=C(O)C1.CC1(C)CC(=O)CC(=O)C1.CN(C)C=C1C(=O)CC(C)(C)CC1=O.COC(OC)N(C)C.COc1ccccc1-n1c2c(cc(-c3nc(-c4ccc(Cl)cc4)cs3)c1=O)C(=O)CC(C)(C)C2.COc1ccccc1N.[C-]#[N+]Cc1nc(-c2ccc(Cl)cc2)cs1. The number of benzene rings is 5. The summed E-state index contributed by atoms with van der Waals surface area (Å²) in [7, 11) is 13.8. The lowest BCUT2D eigenvalue weighted by Gasteiger charge is -2.32. The van der Waals surface area contributed by atoms with Gasteiger partial charge in [0.25, 0.3) is 12.1 Å². The number of halogens is 3. The van der Waals surface area contributed by atoms with Crippen LogP contribution in [0.4, 0.5) is 5.69 Å². The first-order chi connectivity index (χ1) is 54.7. The zero-order valence-corrected chi connectivity index (χ0v) is 72.8. The fraction of sp³-hybridized carbons (Fsp3) is 0.348. The van der Waals surface area contributed by atoms with Gasteiger partial charge in [0, 0.05) is 139 Å².